The molecule has 3 rings (SSSR count). The monoisotopic (exact) mass is 272 g/mol. The van der Waals surface area contributed by atoms with E-state index in [1.54, 1.807) is 0 Å². The molecular formula is C13H9BrN2. The van der Waals surface area contributed by atoms with E-state index in [2.05, 4.69) is 33.0 Å². The lowest BCUT2D eigenvalue weighted by Crippen LogP contribution is -1.80. The summed E-state index contributed by atoms with van der Waals surface area (Å²) in [6.07, 6.45) is 4.04. The van der Waals surface area contributed by atoms with E-state index >= 15 is 0 Å². The third-order valence-electron chi connectivity index (χ3n) is 2.50. The van der Waals surface area contributed by atoms with Gasteiger partial charge in [0, 0.05) is 18.0 Å². The average molecular weight is 273 g/mol. The van der Waals surface area contributed by atoms with Gasteiger partial charge < -0.3 is 4.40 Å². The molecule has 0 saturated carbocycles. The zero-order chi connectivity index (χ0) is 11.0. The van der Waals surface area contributed by atoms with E-state index in [0.717, 1.165) is 21.4 Å². The van der Waals surface area contributed by atoms with Crippen LogP contribution >= 0.6 is 15.9 Å². The van der Waals surface area contributed by atoms with Crippen LogP contribution in [0, 0.1) is 0 Å². The summed E-state index contributed by atoms with van der Waals surface area (Å²) in [5.74, 6) is 0. The van der Waals surface area contributed by atoms with Crippen molar-refractivity contribution in [2.45, 2.75) is 0 Å². The minimum atomic E-state index is 0.946. The normalized spacial score (nSPS) is 10.8. The van der Waals surface area contributed by atoms with Gasteiger partial charge in [-0.15, -0.1) is 0 Å². The zero-order valence-electron chi connectivity index (χ0n) is 8.47. The average Bonchev–Trinajstić information content (AvgIpc) is 2.76. The summed E-state index contributed by atoms with van der Waals surface area (Å²) in [5, 5.41) is 0. The summed E-state index contributed by atoms with van der Waals surface area (Å²) < 4.78 is 3.03. The van der Waals surface area contributed by atoms with Crippen LogP contribution in [0.3, 0.4) is 0 Å². The third-order valence-corrected chi connectivity index (χ3v) is 3.12. The quantitative estimate of drug-likeness (QED) is 0.659. The lowest BCUT2D eigenvalue weighted by Gasteiger charge is -1.92. The number of fused-ring (bicyclic) bond motifs is 1. The van der Waals surface area contributed by atoms with Gasteiger partial charge in [0.15, 0.2) is 5.65 Å². The lowest BCUT2D eigenvalue weighted by molar-refractivity contribution is 1.18. The van der Waals surface area contributed by atoms with Crippen molar-refractivity contribution in [2.24, 2.45) is 0 Å². The van der Waals surface area contributed by atoms with E-state index in [1.165, 1.54) is 0 Å². The van der Waals surface area contributed by atoms with E-state index in [9.17, 15) is 0 Å². The molecule has 0 spiro atoms. The van der Waals surface area contributed by atoms with Crippen LogP contribution in [0.5, 0.6) is 0 Å². The van der Waals surface area contributed by atoms with Crippen molar-refractivity contribution in [3.8, 4) is 11.3 Å². The van der Waals surface area contributed by atoms with Gasteiger partial charge in [0.2, 0.25) is 0 Å². The Kier molecular flexibility index (Phi) is 2.26. The van der Waals surface area contributed by atoms with Gasteiger partial charge in [-0.2, -0.15) is 0 Å². The highest BCUT2D eigenvalue weighted by atomic mass is 79.9. The van der Waals surface area contributed by atoms with Crippen molar-refractivity contribution in [3.05, 3.63) is 59.3 Å². The number of hydrogen-bond acceptors (Lipinski definition) is 1. The third kappa shape index (κ3) is 1.53. The summed E-state index contributed by atoms with van der Waals surface area (Å²) in [7, 11) is 0. The van der Waals surface area contributed by atoms with E-state index in [0.29, 0.717) is 0 Å². The molecular weight excluding hydrogens is 264 g/mol. The molecule has 16 heavy (non-hydrogen) atoms. The van der Waals surface area contributed by atoms with Crippen LogP contribution < -0.4 is 0 Å². The SMILES string of the molecule is Brc1cccn2cc(-c3ccccc3)nc12. The first-order valence-corrected chi connectivity index (χ1v) is 5.82. The van der Waals surface area contributed by atoms with Crippen LogP contribution in [-0.4, -0.2) is 9.38 Å². The van der Waals surface area contributed by atoms with E-state index < -0.39 is 0 Å². The van der Waals surface area contributed by atoms with Crippen molar-refractivity contribution in [3.63, 3.8) is 0 Å². The minimum absolute atomic E-state index is 0.946. The maximum Gasteiger partial charge on any atom is 0.151 e. The summed E-state index contributed by atoms with van der Waals surface area (Å²) in [6, 6.07) is 14.2. The second-order valence-electron chi connectivity index (χ2n) is 3.58. The highest BCUT2D eigenvalue weighted by molar-refractivity contribution is 9.10. The van der Waals surface area contributed by atoms with Crippen molar-refractivity contribution in [1.29, 1.82) is 0 Å². The van der Waals surface area contributed by atoms with Crippen LogP contribution in [0.4, 0.5) is 0 Å². The first-order valence-electron chi connectivity index (χ1n) is 5.03. The highest BCUT2D eigenvalue weighted by Gasteiger charge is 2.05. The zero-order valence-corrected chi connectivity index (χ0v) is 10.1. The van der Waals surface area contributed by atoms with Crippen molar-refractivity contribution in [2.75, 3.05) is 0 Å². The van der Waals surface area contributed by atoms with Crippen LogP contribution in [0.15, 0.2) is 59.3 Å². The molecule has 1 aromatic carbocycles. The molecule has 2 aromatic heterocycles. The van der Waals surface area contributed by atoms with Gasteiger partial charge in [-0.05, 0) is 28.1 Å². The van der Waals surface area contributed by atoms with Gasteiger partial charge in [-0.25, -0.2) is 4.98 Å². The second-order valence-corrected chi connectivity index (χ2v) is 4.43. The van der Waals surface area contributed by atoms with E-state index in [4.69, 9.17) is 0 Å². The maximum atomic E-state index is 4.60. The number of hydrogen-bond donors (Lipinski definition) is 0. The Morgan fingerprint density at radius 3 is 2.56 bits per heavy atom. The fourth-order valence-corrected chi connectivity index (χ4v) is 2.17. The number of rotatable bonds is 1. The fourth-order valence-electron chi connectivity index (χ4n) is 1.73. The Morgan fingerprint density at radius 1 is 1.00 bits per heavy atom. The molecule has 0 bridgehead atoms. The molecule has 0 N–H and O–H groups in total. The van der Waals surface area contributed by atoms with Crippen LogP contribution in [-0.2, 0) is 0 Å². The van der Waals surface area contributed by atoms with Gasteiger partial charge in [0.05, 0.1) is 10.2 Å². The summed E-state index contributed by atoms with van der Waals surface area (Å²) in [5.41, 5.74) is 3.08. The molecule has 0 aliphatic heterocycles. The van der Waals surface area contributed by atoms with Crippen LogP contribution in [0.25, 0.3) is 16.9 Å². The molecule has 0 fully saturated rings. The van der Waals surface area contributed by atoms with Crippen molar-refractivity contribution >= 4 is 21.6 Å². The fraction of sp³-hybridized carbons (Fsp3) is 0. The van der Waals surface area contributed by atoms with E-state index in [-0.39, 0.29) is 0 Å². The number of benzene rings is 1. The summed E-state index contributed by atoms with van der Waals surface area (Å²) in [4.78, 5) is 4.60. The molecule has 3 heteroatoms. The van der Waals surface area contributed by atoms with Crippen molar-refractivity contribution in [1.82, 2.24) is 9.38 Å². The number of imidazole rings is 1. The number of halogens is 1. The predicted octanol–water partition coefficient (Wildman–Crippen LogP) is 3.76. The topological polar surface area (TPSA) is 17.3 Å². The van der Waals surface area contributed by atoms with Gasteiger partial charge in [-0.3, -0.25) is 0 Å². The molecule has 0 aliphatic rings. The molecule has 0 radical (unpaired) electrons. The lowest BCUT2D eigenvalue weighted by atomic mass is 10.2. The van der Waals surface area contributed by atoms with Gasteiger partial charge in [0.1, 0.15) is 0 Å². The van der Waals surface area contributed by atoms with Crippen molar-refractivity contribution < 1.29 is 0 Å². The molecule has 2 heterocycles. The van der Waals surface area contributed by atoms with Gasteiger partial charge in [-0.1, -0.05) is 30.3 Å². The molecule has 0 unspecified atom stereocenters. The number of nitrogens with zero attached hydrogens (tertiary/aromatic N) is 2. The maximum absolute atomic E-state index is 4.60. The Labute approximate surface area is 102 Å². The molecule has 3 aromatic rings. The second kappa shape index (κ2) is 3.76. The molecule has 0 amide bonds. The minimum Gasteiger partial charge on any atom is -0.306 e. The summed E-state index contributed by atoms with van der Waals surface area (Å²) in [6.45, 7) is 0. The molecule has 0 aliphatic carbocycles. The molecule has 0 saturated heterocycles. The highest BCUT2D eigenvalue weighted by Crippen LogP contribution is 2.22. The Bertz CT molecular complexity index is 629. The summed E-state index contributed by atoms with van der Waals surface area (Å²) >= 11 is 3.50. The molecule has 0 atom stereocenters. The Morgan fingerprint density at radius 2 is 1.81 bits per heavy atom. The Hall–Kier alpha value is -1.61. The standard InChI is InChI=1S/C13H9BrN2/c14-11-7-4-8-16-9-12(15-13(11)16)10-5-2-1-3-6-10/h1-9H. The van der Waals surface area contributed by atoms with Crippen LogP contribution in [0.2, 0.25) is 0 Å². The number of pyridine rings is 1. The first kappa shape index (κ1) is 9.60. The Balaban J connectivity index is 2.23. The van der Waals surface area contributed by atoms with E-state index in [1.807, 2.05) is 47.1 Å². The predicted molar refractivity (Wildman–Crippen MR) is 68.3 cm³/mol. The molecule has 2 nitrogen and oxygen atoms in total. The largest absolute Gasteiger partial charge is 0.306 e. The van der Waals surface area contributed by atoms with Gasteiger partial charge >= 0.3 is 0 Å². The van der Waals surface area contributed by atoms with Gasteiger partial charge in [0.25, 0.3) is 0 Å². The first-order chi connectivity index (χ1) is 7.84. The number of aromatic nitrogens is 2. The smallest absolute Gasteiger partial charge is 0.151 e. The van der Waals surface area contributed by atoms with Crippen LogP contribution in [0.1, 0.15) is 0 Å². The molecule has 78 valence electrons.